The van der Waals surface area contributed by atoms with Gasteiger partial charge in [-0.25, -0.2) is 4.39 Å². The van der Waals surface area contributed by atoms with Crippen LogP contribution in [0.3, 0.4) is 0 Å². The third kappa shape index (κ3) is 4.70. The van der Waals surface area contributed by atoms with Crippen LogP contribution in [-0.2, 0) is 0 Å². The number of rotatable bonds is 4. The Bertz CT molecular complexity index is 3700. The summed E-state index contributed by atoms with van der Waals surface area (Å²) in [5.74, 6) is -0.276. The van der Waals surface area contributed by atoms with E-state index in [1.54, 1.807) is 0 Å². The second kappa shape index (κ2) is 12.4. The van der Waals surface area contributed by atoms with Crippen molar-refractivity contribution in [3.63, 3.8) is 0 Å². The van der Waals surface area contributed by atoms with E-state index in [0.29, 0.717) is 5.56 Å². The summed E-state index contributed by atoms with van der Waals surface area (Å²) in [6.07, 6.45) is 0. The minimum absolute atomic E-state index is 0.276. The fraction of sp³-hybridized carbons (Fsp3) is 0. The van der Waals surface area contributed by atoms with Crippen molar-refractivity contribution >= 4 is 75.7 Å². The van der Waals surface area contributed by atoms with Gasteiger partial charge in [0.25, 0.3) is 0 Å². The maximum absolute atomic E-state index is 14.2. The van der Waals surface area contributed by atoms with E-state index in [2.05, 4.69) is 162 Å². The number of nitriles is 1. The first-order valence-electron chi connectivity index (χ1n) is 19.6. The number of halogens is 1. The molecule has 1 heterocycles. The van der Waals surface area contributed by atoms with Crippen molar-refractivity contribution in [3.05, 3.63) is 199 Å². The van der Waals surface area contributed by atoms with Crippen LogP contribution in [0.4, 0.5) is 4.39 Å². The molecule has 3 heteroatoms. The summed E-state index contributed by atoms with van der Waals surface area (Å²) in [4.78, 5) is 0. The molecule has 11 aromatic carbocycles. The predicted octanol–water partition coefficient (Wildman–Crippen LogP) is 15.0. The highest BCUT2D eigenvalue weighted by atomic mass is 19.1. The van der Waals surface area contributed by atoms with Gasteiger partial charge in [0.15, 0.2) is 0 Å². The Morgan fingerprint density at radius 1 is 0.397 bits per heavy atom. The van der Waals surface area contributed by atoms with Crippen molar-refractivity contribution in [2.24, 2.45) is 0 Å². The highest BCUT2D eigenvalue weighted by molar-refractivity contribution is 6.28. The van der Waals surface area contributed by atoms with Crippen LogP contribution in [0.15, 0.2) is 188 Å². The quantitative estimate of drug-likeness (QED) is 0.131. The fourth-order valence-corrected chi connectivity index (χ4v) is 9.63. The molecule has 268 valence electrons. The molecule has 0 spiro atoms. The van der Waals surface area contributed by atoms with E-state index in [0.717, 1.165) is 49.4 Å². The second-order valence-electron chi connectivity index (χ2n) is 15.3. The summed E-state index contributed by atoms with van der Waals surface area (Å²) in [5, 5.41) is 24.0. The summed E-state index contributed by atoms with van der Waals surface area (Å²) in [5.41, 5.74) is 10.5. The molecular weight excluding hydrogens is 708 g/mol. The monoisotopic (exact) mass is 738 g/mol. The van der Waals surface area contributed by atoms with E-state index in [-0.39, 0.29) is 5.82 Å². The summed E-state index contributed by atoms with van der Waals surface area (Å²) >= 11 is 0. The number of hydrogen-bond acceptors (Lipinski definition) is 1. The van der Waals surface area contributed by atoms with E-state index in [1.807, 2.05) is 24.3 Å². The highest BCUT2D eigenvalue weighted by Gasteiger charge is 2.22. The SMILES string of the molecule is N#Cc1ccc2c3c1ccc1c(-c4ccc5c(-c6ccc7ccccc7c6)c6ccccc6c(-c6ccc7ccccc7c6)c5c4)ccc(c13)n2-c1ccc(F)cc1. The average molecular weight is 739 g/mol. The van der Waals surface area contributed by atoms with Crippen molar-refractivity contribution < 1.29 is 4.39 Å². The van der Waals surface area contributed by atoms with Gasteiger partial charge in [-0.1, -0.05) is 127 Å². The lowest BCUT2D eigenvalue weighted by molar-refractivity contribution is 0.627. The lowest BCUT2D eigenvalue weighted by Crippen LogP contribution is -1.94. The number of aromatic nitrogens is 1. The minimum atomic E-state index is -0.276. The van der Waals surface area contributed by atoms with Gasteiger partial charge in [-0.05, 0) is 143 Å². The van der Waals surface area contributed by atoms with Gasteiger partial charge in [-0.15, -0.1) is 0 Å². The number of nitrogens with zero attached hydrogens (tertiary/aromatic N) is 2. The van der Waals surface area contributed by atoms with Crippen LogP contribution in [0.2, 0.25) is 0 Å². The van der Waals surface area contributed by atoms with Crippen LogP contribution in [0, 0.1) is 17.1 Å². The average Bonchev–Trinajstić information content (AvgIpc) is 3.62. The first kappa shape index (κ1) is 32.4. The Morgan fingerprint density at radius 3 is 1.57 bits per heavy atom. The number of hydrogen-bond donors (Lipinski definition) is 0. The zero-order valence-electron chi connectivity index (χ0n) is 31.2. The lowest BCUT2D eigenvalue weighted by Gasteiger charge is -2.19. The van der Waals surface area contributed by atoms with Crippen LogP contribution in [0.5, 0.6) is 0 Å². The van der Waals surface area contributed by atoms with Crippen molar-refractivity contribution in [2.75, 3.05) is 0 Å². The number of fused-ring (bicyclic) bond motifs is 4. The molecule has 0 aliphatic rings. The maximum atomic E-state index is 14.2. The van der Waals surface area contributed by atoms with Gasteiger partial charge >= 0.3 is 0 Å². The highest BCUT2D eigenvalue weighted by Crippen LogP contribution is 2.48. The number of benzene rings is 11. The molecule has 12 aromatic rings. The zero-order chi connectivity index (χ0) is 38.5. The van der Waals surface area contributed by atoms with E-state index in [1.165, 1.54) is 77.5 Å². The van der Waals surface area contributed by atoms with Gasteiger partial charge in [-0.2, -0.15) is 5.26 Å². The van der Waals surface area contributed by atoms with Crippen LogP contribution in [0.25, 0.3) is 115 Å². The van der Waals surface area contributed by atoms with E-state index in [9.17, 15) is 9.65 Å². The molecule has 0 bridgehead atoms. The Morgan fingerprint density at radius 2 is 0.914 bits per heavy atom. The summed E-state index contributed by atoms with van der Waals surface area (Å²) < 4.78 is 16.4. The Kier molecular flexibility index (Phi) is 6.91. The van der Waals surface area contributed by atoms with E-state index in [4.69, 9.17) is 0 Å². The van der Waals surface area contributed by atoms with Gasteiger partial charge in [0.2, 0.25) is 0 Å². The molecule has 0 radical (unpaired) electrons. The minimum Gasteiger partial charge on any atom is -0.309 e. The predicted molar refractivity (Wildman–Crippen MR) is 240 cm³/mol. The van der Waals surface area contributed by atoms with Gasteiger partial charge in [0.1, 0.15) is 5.82 Å². The third-order valence-electron chi connectivity index (χ3n) is 12.2. The van der Waals surface area contributed by atoms with Gasteiger partial charge in [0.05, 0.1) is 22.7 Å². The molecule has 1 aromatic heterocycles. The van der Waals surface area contributed by atoms with E-state index >= 15 is 0 Å². The summed E-state index contributed by atoms with van der Waals surface area (Å²) in [7, 11) is 0. The molecular formula is C55H31FN2. The van der Waals surface area contributed by atoms with Gasteiger partial charge in [-0.3, -0.25) is 0 Å². The van der Waals surface area contributed by atoms with Crippen molar-refractivity contribution in [1.82, 2.24) is 4.57 Å². The zero-order valence-corrected chi connectivity index (χ0v) is 31.2. The van der Waals surface area contributed by atoms with Crippen LogP contribution >= 0.6 is 0 Å². The molecule has 0 unspecified atom stereocenters. The molecule has 12 rings (SSSR count). The largest absolute Gasteiger partial charge is 0.309 e. The maximum Gasteiger partial charge on any atom is 0.123 e. The summed E-state index contributed by atoms with van der Waals surface area (Å²) in [6.45, 7) is 0. The topological polar surface area (TPSA) is 28.7 Å². The smallest absolute Gasteiger partial charge is 0.123 e. The molecule has 58 heavy (non-hydrogen) atoms. The molecule has 0 aliphatic heterocycles. The van der Waals surface area contributed by atoms with Crippen molar-refractivity contribution in [1.29, 1.82) is 5.26 Å². The molecule has 0 aliphatic carbocycles. The van der Waals surface area contributed by atoms with Crippen LogP contribution < -0.4 is 0 Å². The fourth-order valence-electron chi connectivity index (χ4n) is 9.63. The standard InChI is InChI=1S/C55H31FN2/c56-41-19-21-42(22-20-41)58-50-27-18-40(32-57)44-24-25-47-43(26-28-51(58)55(47)54(44)50)37-17-23-48-49(31-37)53(39-16-14-34-8-2-4-10-36(34)30-39)46-12-6-5-11-45(46)52(48)38-15-13-33-7-1-3-9-35(33)29-38/h1-31H. The third-order valence-corrected chi connectivity index (χ3v) is 12.2. The molecule has 2 nitrogen and oxygen atoms in total. The molecule has 0 saturated carbocycles. The Hall–Kier alpha value is -7.80. The van der Waals surface area contributed by atoms with Crippen LogP contribution in [-0.4, -0.2) is 4.57 Å². The molecule has 0 N–H and O–H groups in total. The first-order chi connectivity index (χ1) is 28.6. The lowest BCUT2D eigenvalue weighted by atomic mass is 9.83. The Balaban J connectivity index is 1.18. The van der Waals surface area contributed by atoms with Crippen molar-refractivity contribution in [3.8, 4) is 45.1 Å². The van der Waals surface area contributed by atoms with Gasteiger partial charge < -0.3 is 4.57 Å². The van der Waals surface area contributed by atoms with E-state index < -0.39 is 0 Å². The molecule has 0 atom stereocenters. The van der Waals surface area contributed by atoms with Gasteiger partial charge in [0, 0.05) is 21.8 Å². The van der Waals surface area contributed by atoms with Crippen LogP contribution in [0.1, 0.15) is 5.56 Å². The molecule has 0 saturated heterocycles. The second-order valence-corrected chi connectivity index (χ2v) is 15.3. The summed E-state index contributed by atoms with van der Waals surface area (Å²) in [6, 6.07) is 68.2. The molecule has 0 fully saturated rings. The normalized spacial score (nSPS) is 11.9. The first-order valence-corrected chi connectivity index (χ1v) is 19.6. The Labute approximate surface area is 333 Å². The molecule has 0 amide bonds. The van der Waals surface area contributed by atoms with Crippen molar-refractivity contribution in [2.45, 2.75) is 0 Å².